The average Bonchev–Trinajstić information content (AvgIpc) is 2.25. The Balaban J connectivity index is 2.85. The lowest BCUT2D eigenvalue weighted by Gasteiger charge is -2.39. The van der Waals surface area contributed by atoms with Gasteiger partial charge in [0.15, 0.2) is 8.32 Å². The maximum absolute atomic E-state index is 9.51. The van der Waals surface area contributed by atoms with E-state index in [1.54, 1.807) is 0 Å². The maximum Gasteiger partial charge on any atom is 0.193 e. The molecule has 0 radical (unpaired) electrons. The van der Waals surface area contributed by atoms with E-state index in [1.807, 2.05) is 30.3 Å². The van der Waals surface area contributed by atoms with Crippen molar-refractivity contribution < 1.29 is 9.53 Å². The smallest absolute Gasteiger partial charge is 0.193 e. The van der Waals surface area contributed by atoms with Crippen molar-refractivity contribution in [3.8, 4) is 0 Å². The monoisotopic (exact) mass is 252 g/mol. The molecule has 96 valence electrons. The SMILES string of the molecule is CC(C)(C)[Si](C)(C)O[C@@H](CO)c1ccccc1. The summed E-state index contributed by atoms with van der Waals surface area (Å²) in [7, 11) is -1.83. The van der Waals surface area contributed by atoms with Gasteiger partial charge in [-0.1, -0.05) is 51.1 Å². The topological polar surface area (TPSA) is 29.5 Å². The highest BCUT2D eigenvalue weighted by Crippen LogP contribution is 2.39. The van der Waals surface area contributed by atoms with Crippen molar-refractivity contribution in [2.75, 3.05) is 6.61 Å². The molecule has 0 saturated carbocycles. The molecule has 0 unspecified atom stereocenters. The first-order valence-corrected chi connectivity index (χ1v) is 9.02. The van der Waals surface area contributed by atoms with Gasteiger partial charge in [0.05, 0.1) is 12.7 Å². The number of rotatable bonds is 4. The molecule has 3 heteroatoms. The van der Waals surface area contributed by atoms with Crippen LogP contribution in [0.25, 0.3) is 0 Å². The number of benzene rings is 1. The normalized spacial score (nSPS) is 14.7. The molecule has 0 fully saturated rings. The predicted molar refractivity (Wildman–Crippen MR) is 74.6 cm³/mol. The first-order chi connectivity index (χ1) is 7.78. The van der Waals surface area contributed by atoms with Gasteiger partial charge in [-0.05, 0) is 23.7 Å². The number of hydrogen-bond acceptors (Lipinski definition) is 2. The minimum Gasteiger partial charge on any atom is -0.408 e. The fraction of sp³-hybridized carbons (Fsp3) is 0.571. The quantitative estimate of drug-likeness (QED) is 0.827. The molecule has 0 bridgehead atoms. The van der Waals surface area contributed by atoms with Crippen molar-refractivity contribution in [1.29, 1.82) is 0 Å². The molecule has 1 N–H and O–H groups in total. The Bertz CT molecular complexity index is 341. The van der Waals surface area contributed by atoms with Gasteiger partial charge in [0.1, 0.15) is 0 Å². The Hall–Kier alpha value is -0.643. The molecule has 0 aliphatic rings. The molecule has 1 atom stereocenters. The van der Waals surface area contributed by atoms with Gasteiger partial charge < -0.3 is 9.53 Å². The summed E-state index contributed by atoms with van der Waals surface area (Å²) in [5.41, 5.74) is 1.06. The van der Waals surface area contributed by atoms with E-state index in [0.717, 1.165) is 5.56 Å². The number of aliphatic hydroxyl groups is 1. The van der Waals surface area contributed by atoms with Crippen LogP contribution in [0, 0.1) is 0 Å². The van der Waals surface area contributed by atoms with Crippen LogP contribution in [-0.4, -0.2) is 20.0 Å². The first-order valence-electron chi connectivity index (χ1n) is 6.11. The molecule has 0 spiro atoms. The molecule has 0 saturated heterocycles. The predicted octanol–water partition coefficient (Wildman–Crippen LogP) is 3.74. The van der Waals surface area contributed by atoms with E-state index in [1.165, 1.54) is 0 Å². The zero-order valence-corrected chi connectivity index (χ0v) is 12.5. The number of aliphatic hydroxyl groups excluding tert-OH is 1. The molecular weight excluding hydrogens is 228 g/mol. The molecule has 2 nitrogen and oxygen atoms in total. The van der Waals surface area contributed by atoms with Crippen molar-refractivity contribution in [2.45, 2.75) is 45.0 Å². The summed E-state index contributed by atoms with van der Waals surface area (Å²) < 4.78 is 6.23. The highest BCUT2D eigenvalue weighted by Gasteiger charge is 2.39. The van der Waals surface area contributed by atoms with E-state index in [0.29, 0.717) is 0 Å². The van der Waals surface area contributed by atoms with E-state index in [2.05, 4.69) is 33.9 Å². The second kappa shape index (κ2) is 5.34. The lowest BCUT2D eigenvalue weighted by molar-refractivity contribution is 0.103. The van der Waals surface area contributed by atoms with E-state index in [4.69, 9.17) is 4.43 Å². The third-order valence-corrected chi connectivity index (χ3v) is 8.07. The minimum absolute atomic E-state index is 0.0382. The van der Waals surface area contributed by atoms with E-state index >= 15 is 0 Å². The van der Waals surface area contributed by atoms with Gasteiger partial charge >= 0.3 is 0 Å². The Morgan fingerprint density at radius 3 is 2.12 bits per heavy atom. The van der Waals surface area contributed by atoms with Gasteiger partial charge in [-0.3, -0.25) is 0 Å². The summed E-state index contributed by atoms with van der Waals surface area (Å²) in [4.78, 5) is 0. The van der Waals surface area contributed by atoms with Gasteiger partial charge in [-0.25, -0.2) is 0 Å². The molecule has 1 aromatic carbocycles. The third-order valence-electron chi connectivity index (χ3n) is 3.58. The third kappa shape index (κ3) is 3.66. The van der Waals surface area contributed by atoms with Crippen LogP contribution in [0.5, 0.6) is 0 Å². The minimum atomic E-state index is -1.83. The zero-order valence-electron chi connectivity index (χ0n) is 11.5. The summed E-state index contributed by atoms with van der Waals surface area (Å²) in [5.74, 6) is 0. The standard InChI is InChI=1S/C14H24O2Si/c1-14(2,3)17(4,5)16-13(11-15)12-9-7-6-8-10-12/h6-10,13,15H,11H2,1-5H3/t13-/m0/s1. The Morgan fingerprint density at radius 1 is 1.18 bits per heavy atom. The van der Waals surface area contributed by atoms with Gasteiger partial charge in [-0.15, -0.1) is 0 Å². The summed E-state index contributed by atoms with van der Waals surface area (Å²) >= 11 is 0. The van der Waals surface area contributed by atoms with Crippen LogP contribution < -0.4 is 0 Å². The van der Waals surface area contributed by atoms with Crippen LogP contribution in [0.2, 0.25) is 18.1 Å². The van der Waals surface area contributed by atoms with Crippen LogP contribution in [0.4, 0.5) is 0 Å². The van der Waals surface area contributed by atoms with E-state index < -0.39 is 8.32 Å². The Morgan fingerprint density at radius 2 is 1.71 bits per heavy atom. The molecule has 0 aromatic heterocycles. The number of hydrogen-bond donors (Lipinski definition) is 1. The molecule has 0 amide bonds. The average molecular weight is 252 g/mol. The zero-order chi connectivity index (χ0) is 13.1. The second-order valence-corrected chi connectivity index (χ2v) is 10.7. The summed E-state index contributed by atoms with van der Waals surface area (Å²) in [6.45, 7) is 11.1. The van der Waals surface area contributed by atoms with Crippen LogP contribution in [0.15, 0.2) is 30.3 Å². The van der Waals surface area contributed by atoms with Gasteiger partial charge in [0.25, 0.3) is 0 Å². The van der Waals surface area contributed by atoms with Crippen molar-refractivity contribution in [3.63, 3.8) is 0 Å². The maximum atomic E-state index is 9.51. The fourth-order valence-electron chi connectivity index (χ4n) is 1.41. The molecular formula is C14H24O2Si. The van der Waals surface area contributed by atoms with Crippen molar-refractivity contribution in [1.82, 2.24) is 0 Å². The highest BCUT2D eigenvalue weighted by molar-refractivity contribution is 6.74. The van der Waals surface area contributed by atoms with Crippen LogP contribution >= 0.6 is 0 Å². The van der Waals surface area contributed by atoms with Crippen molar-refractivity contribution in [2.24, 2.45) is 0 Å². The molecule has 1 rings (SSSR count). The summed E-state index contributed by atoms with van der Waals surface area (Å²) in [6, 6.07) is 9.95. The second-order valence-electron chi connectivity index (χ2n) is 5.96. The summed E-state index contributed by atoms with van der Waals surface area (Å²) in [5, 5.41) is 9.67. The van der Waals surface area contributed by atoms with Crippen molar-refractivity contribution in [3.05, 3.63) is 35.9 Å². The molecule has 0 aliphatic heterocycles. The molecule has 0 heterocycles. The molecule has 0 aliphatic carbocycles. The first kappa shape index (κ1) is 14.4. The lowest BCUT2D eigenvalue weighted by atomic mass is 10.1. The lowest BCUT2D eigenvalue weighted by Crippen LogP contribution is -2.42. The fourth-order valence-corrected chi connectivity index (χ4v) is 2.69. The Kier molecular flexibility index (Phi) is 4.53. The Labute approximate surface area is 106 Å². The van der Waals surface area contributed by atoms with E-state index in [-0.39, 0.29) is 17.7 Å². The van der Waals surface area contributed by atoms with Gasteiger partial charge in [0, 0.05) is 0 Å². The highest BCUT2D eigenvalue weighted by atomic mass is 28.4. The van der Waals surface area contributed by atoms with Crippen LogP contribution in [0.1, 0.15) is 32.4 Å². The van der Waals surface area contributed by atoms with Crippen LogP contribution in [0.3, 0.4) is 0 Å². The van der Waals surface area contributed by atoms with E-state index in [9.17, 15) is 5.11 Å². The van der Waals surface area contributed by atoms with Crippen LogP contribution in [-0.2, 0) is 4.43 Å². The summed E-state index contributed by atoms with van der Waals surface area (Å²) in [6.07, 6.45) is -0.197. The van der Waals surface area contributed by atoms with Gasteiger partial charge in [0.2, 0.25) is 0 Å². The largest absolute Gasteiger partial charge is 0.408 e. The van der Waals surface area contributed by atoms with Crippen molar-refractivity contribution >= 4 is 8.32 Å². The molecule has 17 heavy (non-hydrogen) atoms. The molecule has 1 aromatic rings. The van der Waals surface area contributed by atoms with Gasteiger partial charge in [-0.2, -0.15) is 0 Å².